The molecule has 0 N–H and O–H groups in total. The zero-order valence-corrected chi connectivity index (χ0v) is 10.6. The zero-order chi connectivity index (χ0) is 10.3. The van der Waals surface area contributed by atoms with E-state index in [2.05, 4.69) is 39.8 Å². The average Bonchev–Trinajstić information content (AvgIpc) is 2.57. The number of rotatable bonds is 0. The second-order valence-corrected chi connectivity index (χ2v) is 6.15. The lowest BCUT2D eigenvalue weighted by molar-refractivity contribution is 1.13. The normalized spacial score (nSPS) is 14.4. The van der Waals surface area contributed by atoms with Gasteiger partial charge in [0.25, 0.3) is 0 Å². The monoisotopic (exact) mass is 222 g/mol. The van der Waals surface area contributed by atoms with Crippen LogP contribution in [0.4, 0.5) is 0 Å². The Kier molecular flexibility index (Phi) is 2.67. The van der Waals surface area contributed by atoms with E-state index in [1.807, 2.05) is 23.5 Å². The summed E-state index contributed by atoms with van der Waals surface area (Å²) in [5.41, 5.74) is 4.23. The van der Waals surface area contributed by atoms with Gasteiger partial charge in [0, 0.05) is 14.0 Å². The van der Waals surface area contributed by atoms with Gasteiger partial charge in [0.15, 0.2) is 0 Å². The summed E-state index contributed by atoms with van der Waals surface area (Å²) < 4.78 is 1.46. The van der Waals surface area contributed by atoms with Gasteiger partial charge in [-0.3, -0.25) is 0 Å². The van der Waals surface area contributed by atoms with Crippen LogP contribution in [0, 0.1) is 13.8 Å². The molecular weight excluding hydrogens is 208 g/mol. The van der Waals surface area contributed by atoms with Crippen molar-refractivity contribution in [2.45, 2.75) is 37.5 Å². The lowest BCUT2D eigenvalue weighted by Crippen LogP contribution is -1.82. The number of thioether (sulfide) groups is 2. The fourth-order valence-corrected chi connectivity index (χ4v) is 4.08. The number of benzene rings is 1. The fraction of sp³-hybridized carbons (Fsp3) is 0.333. The van der Waals surface area contributed by atoms with Crippen LogP contribution in [0.1, 0.15) is 25.0 Å². The van der Waals surface area contributed by atoms with Crippen molar-refractivity contribution in [3.05, 3.63) is 33.1 Å². The van der Waals surface area contributed by atoms with E-state index >= 15 is 0 Å². The highest BCUT2D eigenvalue weighted by molar-refractivity contribution is 8.24. The van der Waals surface area contributed by atoms with Gasteiger partial charge in [0.2, 0.25) is 0 Å². The first kappa shape index (κ1) is 10.2. The van der Waals surface area contributed by atoms with Crippen molar-refractivity contribution < 1.29 is 0 Å². The van der Waals surface area contributed by atoms with Crippen LogP contribution < -0.4 is 0 Å². The predicted octanol–water partition coefficient (Wildman–Crippen LogP) is 4.75. The first-order valence-electron chi connectivity index (χ1n) is 4.73. The van der Waals surface area contributed by atoms with E-state index in [0.29, 0.717) is 0 Å². The third-order valence-corrected chi connectivity index (χ3v) is 5.58. The van der Waals surface area contributed by atoms with Crippen molar-refractivity contribution in [3.63, 3.8) is 0 Å². The third kappa shape index (κ3) is 1.61. The highest BCUT2D eigenvalue weighted by atomic mass is 32.2. The second-order valence-electron chi connectivity index (χ2n) is 3.85. The van der Waals surface area contributed by atoms with Gasteiger partial charge in [-0.25, -0.2) is 0 Å². The molecule has 0 atom stereocenters. The Morgan fingerprint density at radius 1 is 0.929 bits per heavy atom. The molecule has 14 heavy (non-hydrogen) atoms. The van der Waals surface area contributed by atoms with E-state index in [9.17, 15) is 0 Å². The molecule has 0 saturated heterocycles. The summed E-state index contributed by atoms with van der Waals surface area (Å²) in [5, 5.41) is 0. The van der Waals surface area contributed by atoms with Crippen LogP contribution in [-0.2, 0) is 0 Å². The molecular formula is C12H14S2. The number of hydrogen-bond donors (Lipinski definition) is 0. The molecule has 0 aliphatic carbocycles. The summed E-state index contributed by atoms with van der Waals surface area (Å²) in [7, 11) is 0. The molecule has 0 bridgehead atoms. The van der Waals surface area contributed by atoms with E-state index in [-0.39, 0.29) is 0 Å². The van der Waals surface area contributed by atoms with E-state index in [1.165, 1.54) is 30.7 Å². The van der Waals surface area contributed by atoms with Crippen molar-refractivity contribution in [1.29, 1.82) is 0 Å². The van der Waals surface area contributed by atoms with E-state index in [0.717, 1.165) is 0 Å². The van der Waals surface area contributed by atoms with Crippen molar-refractivity contribution in [2.75, 3.05) is 0 Å². The van der Waals surface area contributed by atoms with Crippen molar-refractivity contribution in [2.24, 2.45) is 0 Å². The lowest BCUT2D eigenvalue weighted by atomic mass is 10.2. The molecule has 0 nitrogen and oxygen atoms in total. The van der Waals surface area contributed by atoms with Gasteiger partial charge in [-0.1, -0.05) is 41.2 Å². The van der Waals surface area contributed by atoms with Crippen LogP contribution in [-0.4, -0.2) is 0 Å². The van der Waals surface area contributed by atoms with Crippen molar-refractivity contribution in [3.8, 4) is 0 Å². The summed E-state index contributed by atoms with van der Waals surface area (Å²) in [6, 6.07) is 4.44. The Balaban J connectivity index is 2.54. The Labute approximate surface area is 94.2 Å². The molecule has 2 rings (SSSR count). The standard InChI is InChI=1S/C12H14S2/c1-7(2)12-13-10-8(3)5-6-9(4)11(10)14-12/h5-6H,1-4H3. The number of hydrogen-bond acceptors (Lipinski definition) is 2. The minimum absolute atomic E-state index is 1.40. The summed E-state index contributed by atoms with van der Waals surface area (Å²) in [5.74, 6) is 0. The van der Waals surface area contributed by atoms with Crippen LogP contribution in [0.5, 0.6) is 0 Å². The van der Waals surface area contributed by atoms with Gasteiger partial charge in [-0.2, -0.15) is 0 Å². The van der Waals surface area contributed by atoms with E-state index < -0.39 is 0 Å². The van der Waals surface area contributed by atoms with Crippen LogP contribution in [0.15, 0.2) is 31.7 Å². The number of aryl methyl sites for hydroxylation is 2. The first-order chi connectivity index (χ1) is 6.59. The molecule has 1 aromatic rings. The lowest BCUT2D eigenvalue weighted by Gasteiger charge is -2.03. The van der Waals surface area contributed by atoms with E-state index in [1.54, 1.807) is 0 Å². The highest BCUT2D eigenvalue weighted by Gasteiger charge is 2.21. The second kappa shape index (κ2) is 3.67. The molecule has 0 fully saturated rings. The minimum atomic E-state index is 1.40. The molecule has 1 aromatic carbocycles. The van der Waals surface area contributed by atoms with Gasteiger partial charge in [0.05, 0.1) is 0 Å². The Morgan fingerprint density at radius 3 is 1.71 bits per heavy atom. The van der Waals surface area contributed by atoms with Crippen LogP contribution in [0.25, 0.3) is 0 Å². The molecule has 0 radical (unpaired) electrons. The Hall–Kier alpha value is -0.340. The predicted molar refractivity (Wildman–Crippen MR) is 66.0 cm³/mol. The molecule has 2 heteroatoms. The molecule has 1 aliphatic rings. The van der Waals surface area contributed by atoms with E-state index in [4.69, 9.17) is 0 Å². The average molecular weight is 222 g/mol. The molecule has 0 aromatic heterocycles. The summed E-state index contributed by atoms with van der Waals surface area (Å²) in [6.07, 6.45) is 0. The highest BCUT2D eigenvalue weighted by Crippen LogP contribution is 2.54. The Morgan fingerprint density at radius 2 is 1.36 bits per heavy atom. The molecule has 74 valence electrons. The SMILES string of the molecule is CC(C)=C1Sc2c(C)ccc(C)c2S1. The van der Waals surface area contributed by atoms with Crippen LogP contribution in [0.3, 0.4) is 0 Å². The van der Waals surface area contributed by atoms with Crippen LogP contribution >= 0.6 is 23.5 Å². The molecule has 0 amide bonds. The maximum Gasteiger partial charge on any atom is 0.0486 e. The minimum Gasteiger partial charge on any atom is -0.0813 e. The topological polar surface area (TPSA) is 0 Å². The maximum absolute atomic E-state index is 2.22. The van der Waals surface area contributed by atoms with Gasteiger partial charge < -0.3 is 0 Å². The first-order valence-corrected chi connectivity index (χ1v) is 6.36. The van der Waals surface area contributed by atoms with Crippen LogP contribution in [0.2, 0.25) is 0 Å². The van der Waals surface area contributed by atoms with Crippen molar-refractivity contribution >= 4 is 23.5 Å². The molecule has 0 spiro atoms. The molecule has 1 aliphatic heterocycles. The molecule has 1 heterocycles. The maximum atomic E-state index is 2.22. The number of fused-ring (bicyclic) bond motifs is 1. The van der Waals surface area contributed by atoms with Gasteiger partial charge >= 0.3 is 0 Å². The number of allylic oxidation sites excluding steroid dienone is 1. The largest absolute Gasteiger partial charge is 0.0813 e. The van der Waals surface area contributed by atoms with Crippen molar-refractivity contribution in [1.82, 2.24) is 0 Å². The molecule has 0 saturated carbocycles. The third-order valence-electron chi connectivity index (χ3n) is 2.30. The van der Waals surface area contributed by atoms with Gasteiger partial charge in [0.1, 0.15) is 0 Å². The summed E-state index contributed by atoms with van der Waals surface area (Å²) in [4.78, 5) is 2.93. The van der Waals surface area contributed by atoms with Gasteiger partial charge in [-0.05, 0) is 38.8 Å². The Bertz CT molecular complexity index is 380. The molecule has 0 unspecified atom stereocenters. The summed E-state index contributed by atoms with van der Waals surface area (Å²) >= 11 is 3.86. The summed E-state index contributed by atoms with van der Waals surface area (Å²) in [6.45, 7) is 8.76. The van der Waals surface area contributed by atoms with Gasteiger partial charge in [-0.15, -0.1) is 0 Å². The zero-order valence-electron chi connectivity index (χ0n) is 8.97. The smallest absolute Gasteiger partial charge is 0.0486 e. The quantitative estimate of drug-likeness (QED) is 0.621. The fourth-order valence-electron chi connectivity index (χ4n) is 1.42.